The highest BCUT2D eigenvalue weighted by Crippen LogP contribution is 2.27. The second-order valence-corrected chi connectivity index (χ2v) is 7.51. The van der Waals surface area contributed by atoms with Crippen molar-refractivity contribution in [3.8, 4) is 0 Å². The summed E-state index contributed by atoms with van der Waals surface area (Å²) in [6.07, 6.45) is 6.14. The molecule has 1 saturated heterocycles. The van der Waals surface area contributed by atoms with E-state index in [0.717, 1.165) is 42.8 Å². The Morgan fingerprint density at radius 1 is 1.26 bits per heavy atom. The molecule has 3 aromatic rings. The minimum Gasteiger partial charge on any atom is -0.332 e. The predicted octanol–water partition coefficient (Wildman–Crippen LogP) is 4.04. The molecule has 2 amide bonds. The first-order chi connectivity index (χ1) is 13.1. The number of urea groups is 1. The van der Waals surface area contributed by atoms with Gasteiger partial charge in [0.1, 0.15) is 5.65 Å². The van der Waals surface area contributed by atoms with Gasteiger partial charge in [0.2, 0.25) is 0 Å². The van der Waals surface area contributed by atoms with Gasteiger partial charge in [0, 0.05) is 31.4 Å². The van der Waals surface area contributed by atoms with Crippen LogP contribution in [0.4, 0.5) is 4.79 Å². The van der Waals surface area contributed by atoms with E-state index in [0.29, 0.717) is 12.5 Å². The van der Waals surface area contributed by atoms with E-state index >= 15 is 0 Å². The van der Waals surface area contributed by atoms with Gasteiger partial charge in [-0.1, -0.05) is 35.9 Å². The number of hydrogen-bond acceptors (Lipinski definition) is 2. The van der Waals surface area contributed by atoms with Crippen molar-refractivity contribution in [2.75, 3.05) is 13.1 Å². The number of rotatable bonds is 3. The number of pyridine rings is 1. The number of likely N-dealkylation sites (tertiary alicyclic amines) is 1. The van der Waals surface area contributed by atoms with Crippen LogP contribution in [-0.2, 0) is 6.54 Å². The molecule has 5 heteroatoms. The van der Waals surface area contributed by atoms with E-state index in [2.05, 4.69) is 41.5 Å². The van der Waals surface area contributed by atoms with Crippen LogP contribution in [0, 0.1) is 13.8 Å². The third-order valence-electron chi connectivity index (χ3n) is 5.37. The maximum atomic E-state index is 12.7. The molecule has 0 saturated carbocycles. The molecule has 1 unspecified atom stereocenters. The molecule has 3 heterocycles. The highest BCUT2D eigenvalue weighted by atomic mass is 16.2. The van der Waals surface area contributed by atoms with Gasteiger partial charge in [-0.2, -0.15) is 0 Å². The number of carbonyl (C=O) groups excluding carboxylic acids is 1. The number of nitrogens with zero attached hydrogens (tertiary/aromatic N) is 3. The zero-order valence-electron chi connectivity index (χ0n) is 16.0. The van der Waals surface area contributed by atoms with Crippen LogP contribution in [0.5, 0.6) is 0 Å². The Balaban J connectivity index is 1.39. The molecule has 0 spiro atoms. The van der Waals surface area contributed by atoms with E-state index in [9.17, 15) is 4.79 Å². The van der Waals surface area contributed by atoms with Gasteiger partial charge in [0.25, 0.3) is 0 Å². The lowest BCUT2D eigenvalue weighted by molar-refractivity contribution is 0.179. The van der Waals surface area contributed by atoms with Crippen molar-refractivity contribution in [1.29, 1.82) is 0 Å². The van der Waals surface area contributed by atoms with Crippen LogP contribution >= 0.6 is 0 Å². The van der Waals surface area contributed by atoms with Crippen molar-refractivity contribution in [2.24, 2.45) is 0 Å². The molecule has 1 N–H and O–H groups in total. The number of aryl methyl sites for hydroxylation is 2. The molecule has 1 aliphatic heterocycles. The Kier molecular flexibility index (Phi) is 4.84. The summed E-state index contributed by atoms with van der Waals surface area (Å²) < 4.78 is 2.01. The highest BCUT2D eigenvalue weighted by Gasteiger charge is 2.24. The summed E-state index contributed by atoms with van der Waals surface area (Å²) in [5.41, 5.74) is 5.57. The summed E-state index contributed by atoms with van der Waals surface area (Å²) in [6, 6.07) is 12.7. The van der Waals surface area contributed by atoms with E-state index in [1.807, 2.05) is 40.8 Å². The quantitative estimate of drug-likeness (QED) is 0.764. The summed E-state index contributed by atoms with van der Waals surface area (Å²) >= 11 is 0. The molecule has 0 radical (unpaired) electrons. The minimum atomic E-state index is 0.00105. The zero-order chi connectivity index (χ0) is 18.8. The first kappa shape index (κ1) is 17.6. The standard InChI is InChI=1S/C22H26N4O/c1-16-6-3-8-18(12-16)19-9-5-11-26(14-19)22(27)23-13-20-15-25-10-4-7-17(2)21(25)24-20/h3-4,6-8,10,12,15,19H,5,9,11,13-14H2,1-2H3,(H,23,27). The first-order valence-electron chi connectivity index (χ1n) is 9.63. The highest BCUT2D eigenvalue weighted by molar-refractivity contribution is 5.74. The second kappa shape index (κ2) is 7.43. The molecule has 5 nitrogen and oxygen atoms in total. The van der Waals surface area contributed by atoms with E-state index in [1.165, 1.54) is 11.1 Å². The Morgan fingerprint density at radius 3 is 2.96 bits per heavy atom. The van der Waals surface area contributed by atoms with Gasteiger partial charge < -0.3 is 14.6 Å². The maximum absolute atomic E-state index is 12.7. The van der Waals surface area contributed by atoms with E-state index in [4.69, 9.17) is 0 Å². The third kappa shape index (κ3) is 3.82. The van der Waals surface area contributed by atoms with Crippen molar-refractivity contribution < 1.29 is 4.79 Å². The Hall–Kier alpha value is -2.82. The number of nitrogens with one attached hydrogen (secondary N) is 1. The van der Waals surface area contributed by atoms with Gasteiger partial charge in [-0.3, -0.25) is 0 Å². The molecule has 0 bridgehead atoms. The first-order valence-corrected chi connectivity index (χ1v) is 9.63. The molecule has 27 heavy (non-hydrogen) atoms. The van der Waals surface area contributed by atoms with Crippen LogP contribution < -0.4 is 5.32 Å². The predicted molar refractivity (Wildman–Crippen MR) is 107 cm³/mol. The van der Waals surface area contributed by atoms with Crippen LogP contribution in [0.15, 0.2) is 48.8 Å². The topological polar surface area (TPSA) is 49.6 Å². The number of fused-ring (bicyclic) bond motifs is 1. The molecular formula is C22H26N4O. The Morgan fingerprint density at radius 2 is 2.15 bits per heavy atom. The molecule has 1 aromatic carbocycles. The van der Waals surface area contributed by atoms with Gasteiger partial charge in [-0.25, -0.2) is 9.78 Å². The van der Waals surface area contributed by atoms with Gasteiger partial charge >= 0.3 is 6.03 Å². The van der Waals surface area contributed by atoms with E-state index in [-0.39, 0.29) is 6.03 Å². The number of aromatic nitrogens is 2. The average Bonchev–Trinajstić information content (AvgIpc) is 3.11. The lowest BCUT2D eigenvalue weighted by Gasteiger charge is -2.33. The van der Waals surface area contributed by atoms with E-state index in [1.54, 1.807) is 0 Å². The summed E-state index contributed by atoms with van der Waals surface area (Å²) in [7, 11) is 0. The molecule has 1 fully saturated rings. The number of amides is 2. The fourth-order valence-corrected chi connectivity index (χ4v) is 3.93. The maximum Gasteiger partial charge on any atom is 0.317 e. The van der Waals surface area contributed by atoms with Crippen LogP contribution in [0.2, 0.25) is 0 Å². The fourth-order valence-electron chi connectivity index (χ4n) is 3.93. The lowest BCUT2D eigenvalue weighted by Crippen LogP contribution is -2.44. The van der Waals surface area contributed by atoms with Crippen molar-refractivity contribution in [3.63, 3.8) is 0 Å². The van der Waals surface area contributed by atoms with Crippen molar-refractivity contribution in [2.45, 2.75) is 39.2 Å². The fraction of sp³-hybridized carbons (Fsp3) is 0.364. The Bertz CT molecular complexity index is 962. The van der Waals surface area contributed by atoms with Gasteiger partial charge in [0.05, 0.1) is 12.2 Å². The van der Waals surface area contributed by atoms with Crippen molar-refractivity contribution in [3.05, 3.63) is 71.2 Å². The van der Waals surface area contributed by atoms with Gasteiger partial charge in [-0.05, 0) is 43.9 Å². The Labute approximate surface area is 160 Å². The largest absolute Gasteiger partial charge is 0.332 e. The molecule has 4 rings (SSSR count). The van der Waals surface area contributed by atoms with Crippen LogP contribution in [-0.4, -0.2) is 33.4 Å². The third-order valence-corrected chi connectivity index (χ3v) is 5.37. The number of benzene rings is 1. The van der Waals surface area contributed by atoms with Crippen molar-refractivity contribution >= 4 is 11.7 Å². The molecule has 0 aliphatic carbocycles. The van der Waals surface area contributed by atoms with Gasteiger partial charge in [0.15, 0.2) is 0 Å². The monoisotopic (exact) mass is 362 g/mol. The summed E-state index contributed by atoms with van der Waals surface area (Å²) in [5.74, 6) is 0.419. The minimum absolute atomic E-state index is 0.00105. The number of hydrogen-bond donors (Lipinski definition) is 1. The normalized spacial score (nSPS) is 17.3. The van der Waals surface area contributed by atoms with Gasteiger partial charge in [-0.15, -0.1) is 0 Å². The smallest absolute Gasteiger partial charge is 0.317 e. The number of piperidine rings is 1. The van der Waals surface area contributed by atoms with Crippen LogP contribution in [0.25, 0.3) is 5.65 Å². The van der Waals surface area contributed by atoms with Crippen LogP contribution in [0.1, 0.15) is 41.1 Å². The summed E-state index contributed by atoms with van der Waals surface area (Å²) in [6.45, 7) is 6.21. The van der Waals surface area contributed by atoms with Crippen molar-refractivity contribution in [1.82, 2.24) is 19.6 Å². The lowest BCUT2D eigenvalue weighted by atomic mass is 9.90. The second-order valence-electron chi connectivity index (χ2n) is 7.51. The molecular weight excluding hydrogens is 336 g/mol. The average molecular weight is 362 g/mol. The molecule has 2 aromatic heterocycles. The zero-order valence-corrected chi connectivity index (χ0v) is 16.0. The van der Waals surface area contributed by atoms with Crippen LogP contribution in [0.3, 0.4) is 0 Å². The number of imidazole rings is 1. The molecule has 1 atom stereocenters. The summed E-state index contributed by atoms with van der Waals surface area (Å²) in [5, 5.41) is 3.04. The number of carbonyl (C=O) groups is 1. The van der Waals surface area contributed by atoms with E-state index < -0.39 is 0 Å². The SMILES string of the molecule is Cc1cccc(C2CCCN(C(=O)NCc3cn4cccc(C)c4n3)C2)c1. The molecule has 140 valence electrons. The summed E-state index contributed by atoms with van der Waals surface area (Å²) in [4.78, 5) is 19.3. The molecule has 1 aliphatic rings.